The molecule has 0 radical (unpaired) electrons. The van der Waals surface area contributed by atoms with Gasteiger partial charge in [0.25, 0.3) is 0 Å². The van der Waals surface area contributed by atoms with Crippen LogP contribution in [0.4, 0.5) is 0 Å². The molecule has 0 aliphatic heterocycles. The quantitative estimate of drug-likeness (QED) is 0.0222. The summed E-state index contributed by atoms with van der Waals surface area (Å²) in [6.45, 7) is 9.34. The summed E-state index contributed by atoms with van der Waals surface area (Å²) in [6, 6.07) is 0. The molecule has 0 aliphatic rings. The van der Waals surface area contributed by atoms with E-state index in [4.69, 9.17) is 37.0 Å². The van der Waals surface area contributed by atoms with Gasteiger partial charge in [0, 0.05) is 25.7 Å². The van der Waals surface area contributed by atoms with Crippen molar-refractivity contribution in [3.8, 4) is 0 Å². The standard InChI is InChI=1S/C63H122O17P2/c1-7-9-11-13-15-16-17-18-19-20-23-28-35-41-47-62(67)79-58(52-74-61(66)46-40-34-27-24-21-22-26-31-37-43-55(3)4)53-77-81(69,70)75-49-57(64)50-76-82(71,72)78-54-59(51-73-60(65)45-39-33-25-14-12-10-8-2)80-63(68)48-42-36-30-29-32-38-44-56(5)6/h55-59,64H,7-54H2,1-6H3,(H,69,70)(H,71,72)/t57-,58-,59-/m1/s1. The minimum atomic E-state index is -4.94. The highest BCUT2D eigenvalue weighted by Gasteiger charge is 2.30. The van der Waals surface area contributed by atoms with E-state index in [1.165, 1.54) is 116 Å². The minimum absolute atomic E-state index is 0.102. The van der Waals surface area contributed by atoms with E-state index in [0.29, 0.717) is 31.6 Å². The Hall–Kier alpha value is -1.94. The Bertz CT molecular complexity index is 1620. The molecule has 0 aromatic carbocycles. The zero-order chi connectivity index (χ0) is 60.8. The number of phosphoric ester groups is 2. The van der Waals surface area contributed by atoms with Gasteiger partial charge in [-0.2, -0.15) is 0 Å². The van der Waals surface area contributed by atoms with Gasteiger partial charge in [0.2, 0.25) is 0 Å². The summed E-state index contributed by atoms with van der Waals surface area (Å²) in [4.78, 5) is 72.0. The smallest absolute Gasteiger partial charge is 0.462 e. The van der Waals surface area contributed by atoms with Crippen LogP contribution in [0, 0.1) is 11.8 Å². The summed E-state index contributed by atoms with van der Waals surface area (Å²) in [7, 11) is -9.88. The number of hydrogen-bond acceptors (Lipinski definition) is 15. The molecule has 2 unspecified atom stereocenters. The molecule has 486 valence electrons. The normalized spacial score (nSPS) is 14.3. The average molecular weight is 1210 g/mol. The van der Waals surface area contributed by atoms with E-state index in [9.17, 15) is 43.2 Å². The molecule has 0 aromatic rings. The number of aliphatic hydroxyl groups is 1. The Labute approximate surface area is 498 Å². The number of carbonyl (C=O) groups is 4. The summed E-state index contributed by atoms with van der Waals surface area (Å²) < 4.78 is 67.8. The van der Waals surface area contributed by atoms with Crippen LogP contribution >= 0.6 is 15.6 Å². The summed E-state index contributed by atoms with van der Waals surface area (Å²) >= 11 is 0. The first-order valence-electron chi connectivity index (χ1n) is 33.0. The topological polar surface area (TPSA) is 237 Å². The molecule has 0 fully saturated rings. The van der Waals surface area contributed by atoms with Crippen LogP contribution in [0.25, 0.3) is 0 Å². The number of phosphoric acid groups is 2. The van der Waals surface area contributed by atoms with E-state index < -0.39 is 97.5 Å². The molecule has 0 bridgehead atoms. The number of esters is 4. The van der Waals surface area contributed by atoms with Crippen molar-refractivity contribution in [3.05, 3.63) is 0 Å². The second-order valence-corrected chi connectivity index (χ2v) is 26.7. The van der Waals surface area contributed by atoms with Crippen LogP contribution in [-0.4, -0.2) is 96.7 Å². The maximum absolute atomic E-state index is 13.0. The van der Waals surface area contributed by atoms with Crippen molar-refractivity contribution in [1.29, 1.82) is 0 Å². The van der Waals surface area contributed by atoms with Crippen LogP contribution in [0.15, 0.2) is 0 Å². The molecule has 19 heteroatoms. The summed E-state index contributed by atoms with van der Waals surface area (Å²) in [5, 5.41) is 10.5. The van der Waals surface area contributed by atoms with Crippen LogP contribution in [0.2, 0.25) is 0 Å². The highest BCUT2D eigenvalue weighted by Crippen LogP contribution is 2.45. The van der Waals surface area contributed by atoms with E-state index in [2.05, 4.69) is 41.5 Å². The lowest BCUT2D eigenvalue weighted by atomic mass is 10.0. The molecule has 0 heterocycles. The fraction of sp³-hybridized carbons (Fsp3) is 0.937. The Balaban J connectivity index is 5.21. The van der Waals surface area contributed by atoms with E-state index in [-0.39, 0.29) is 25.7 Å². The number of aliphatic hydroxyl groups excluding tert-OH is 1. The van der Waals surface area contributed by atoms with Crippen molar-refractivity contribution in [3.63, 3.8) is 0 Å². The van der Waals surface area contributed by atoms with Gasteiger partial charge < -0.3 is 33.8 Å². The van der Waals surface area contributed by atoms with E-state index >= 15 is 0 Å². The predicted octanol–water partition coefficient (Wildman–Crippen LogP) is 17.3. The van der Waals surface area contributed by atoms with Crippen LogP contribution < -0.4 is 0 Å². The second kappa shape index (κ2) is 55.6. The van der Waals surface area contributed by atoms with Crippen molar-refractivity contribution in [2.75, 3.05) is 39.6 Å². The summed E-state index contributed by atoms with van der Waals surface area (Å²) in [5.41, 5.74) is 0. The molecule has 0 rings (SSSR count). The van der Waals surface area contributed by atoms with Gasteiger partial charge in [-0.1, -0.05) is 260 Å². The molecule has 0 saturated carbocycles. The lowest BCUT2D eigenvalue weighted by molar-refractivity contribution is -0.161. The number of ether oxygens (including phenoxy) is 4. The highest BCUT2D eigenvalue weighted by atomic mass is 31.2. The molecular formula is C63H122O17P2. The van der Waals surface area contributed by atoms with Gasteiger partial charge in [0.05, 0.1) is 26.4 Å². The average Bonchev–Trinajstić information content (AvgIpc) is 3.43. The Morgan fingerprint density at radius 2 is 0.561 bits per heavy atom. The third-order valence-corrected chi connectivity index (χ3v) is 16.4. The first-order valence-corrected chi connectivity index (χ1v) is 36.0. The second-order valence-electron chi connectivity index (χ2n) is 23.7. The van der Waals surface area contributed by atoms with Crippen molar-refractivity contribution < 1.29 is 80.2 Å². The molecule has 0 aliphatic carbocycles. The lowest BCUT2D eigenvalue weighted by Crippen LogP contribution is -2.30. The van der Waals surface area contributed by atoms with E-state index in [0.717, 1.165) is 109 Å². The molecule has 0 spiro atoms. The Morgan fingerprint density at radius 1 is 0.329 bits per heavy atom. The number of hydrogen-bond donors (Lipinski definition) is 3. The van der Waals surface area contributed by atoms with E-state index in [1.54, 1.807) is 0 Å². The minimum Gasteiger partial charge on any atom is -0.462 e. The van der Waals surface area contributed by atoms with Crippen LogP contribution in [0.5, 0.6) is 0 Å². The first-order chi connectivity index (χ1) is 39.4. The van der Waals surface area contributed by atoms with Crippen LogP contribution in [0.3, 0.4) is 0 Å². The zero-order valence-electron chi connectivity index (χ0n) is 52.8. The van der Waals surface area contributed by atoms with Gasteiger partial charge >= 0.3 is 39.5 Å². The van der Waals surface area contributed by atoms with Crippen molar-refractivity contribution >= 4 is 39.5 Å². The molecule has 17 nitrogen and oxygen atoms in total. The van der Waals surface area contributed by atoms with Crippen molar-refractivity contribution in [2.24, 2.45) is 11.8 Å². The summed E-state index contributed by atoms with van der Waals surface area (Å²) in [6.07, 6.45) is 37.8. The van der Waals surface area contributed by atoms with Gasteiger partial charge in [0.1, 0.15) is 19.3 Å². The van der Waals surface area contributed by atoms with Gasteiger partial charge in [-0.25, -0.2) is 9.13 Å². The largest absolute Gasteiger partial charge is 0.472 e. The summed E-state index contributed by atoms with van der Waals surface area (Å²) in [5.74, 6) is -0.729. The maximum atomic E-state index is 13.0. The van der Waals surface area contributed by atoms with Gasteiger partial charge in [0.15, 0.2) is 12.2 Å². The SMILES string of the molecule is CCCCCCCCCCCCCCCCC(=O)O[C@H](COC(=O)CCCCCCCCCCCC(C)C)COP(=O)(O)OC[C@@H](O)COP(=O)(O)OC[C@@H](COC(=O)CCCCCCCCC)OC(=O)CCCCCCCCC(C)C. The first kappa shape index (κ1) is 80.1. The van der Waals surface area contributed by atoms with Crippen molar-refractivity contribution in [1.82, 2.24) is 0 Å². The fourth-order valence-electron chi connectivity index (χ4n) is 9.35. The molecule has 0 amide bonds. The van der Waals surface area contributed by atoms with Gasteiger partial charge in [-0.15, -0.1) is 0 Å². The number of unbranched alkanes of at least 4 members (excludes halogenated alkanes) is 32. The van der Waals surface area contributed by atoms with Gasteiger partial charge in [-0.3, -0.25) is 37.3 Å². The van der Waals surface area contributed by atoms with E-state index in [1.807, 2.05) is 0 Å². The maximum Gasteiger partial charge on any atom is 0.472 e. The molecule has 3 N–H and O–H groups in total. The predicted molar refractivity (Wildman–Crippen MR) is 326 cm³/mol. The molecule has 0 saturated heterocycles. The molecule has 5 atom stereocenters. The molecule has 0 aromatic heterocycles. The number of rotatable bonds is 62. The van der Waals surface area contributed by atoms with Crippen LogP contribution in [0.1, 0.15) is 311 Å². The third kappa shape index (κ3) is 57.2. The monoisotopic (exact) mass is 1210 g/mol. The number of carbonyl (C=O) groups excluding carboxylic acids is 4. The Kier molecular flexibility index (Phi) is 54.3. The third-order valence-electron chi connectivity index (χ3n) is 14.5. The lowest BCUT2D eigenvalue weighted by Gasteiger charge is -2.21. The zero-order valence-corrected chi connectivity index (χ0v) is 54.6. The Morgan fingerprint density at radius 3 is 0.829 bits per heavy atom. The van der Waals surface area contributed by atoms with Gasteiger partial charge in [-0.05, 0) is 37.5 Å². The molecule has 82 heavy (non-hydrogen) atoms. The fourth-order valence-corrected chi connectivity index (χ4v) is 10.9. The van der Waals surface area contributed by atoms with Crippen LogP contribution in [-0.2, 0) is 65.4 Å². The van der Waals surface area contributed by atoms with Crippen molar-refractivity contribution in [2.45, 2.75) is 330 Å². The highest BCUT2D eigenvalue weighted by molar-refractivity contribution is 7.47. The molecular weight excluding hydrogens is 1090 g/mol.